The molecule has 2 rings (SSSR count). The summed E-state index contributed by atoms with van der Waals surface area (Å²) in [5.74, 6) is -4.21. The Labute approximate surface area is 230 Å². The van der Waals surface area contributed by atoms with Crippen molar-refractivity contribution in [1.29, 1.82) is 5.41 Å². The highest BCUT2D eigenvalue weighted by Crippen LogP contribution is 2.22. The topological polar surface area (TPSA) is 208 Å². The van der Waals surface area contributed by atoms with Crippen LogP contribution in [0.1, 0.15) is 33.5 Å². The van der Waals surface area contributed by atoms with Crippen molar-refractivity contribution >= 4 is 51.2 Å². The number of nitrogens with two attached hydrogens (primary N) is 1. The van der Waals surface area contributed by atoms with Crippen LogP contribution in [0, 0.1) is 5.41 Å². The molecule has 0 unspecified atom stereocenters. The van der Waals surface area contributed by atoms with E-state index in [1.54, 1.807) is 37.3 Å². The monoisotopic (exact) mass is 609 g/mol. The summed E-state index contributed by atoms with van der Waals surface area (Å²) in [6.07, 6.45) is -3.27. The van der Waals surface area contributed by atoms with Gasteiger partial charge < -0.3 is 25.6 Å². The number of carboxylic acids is 1. The second kappa shape index (κ2) is 15.1. The molecule has 1 amide bonds. The minimum absolute atomic E-state index is 0.0969. The smallest absolute Gasteiger partial charge is 0.475 e. The summed E-state index contributed by atoms with van der Waals surface area (Å²) < 4.78 is 68.1. The molecule has 0 fully saturated rings. The van der Waals surface area contributed by atoms with Gasteiger partial charge in [-0.05, 0) is 55.8 Å². The molecule has 0 saturated heterocycles. The number of carbonyl (C=O) groups is 3. The first-order valence-electron chi connectivity index (χ1n) is 11.0. The Bertz CT molecular complexity index is 1340. The molecular weight excluding hydrogens is 583 g/mol. The Morgan fingerprint density at radius 3 is 2.17 bits per heavy atom. The summed E-state index contributed by atoms with van der Waals surface area (Å²) in [6, 6.07) is 9.38. The first kappa shape index (κ1) is 34.2. The average Bonchev–Trinajstić information content (AvgIpc) is 3.32. The number of amidine groups is 1. The van der Waals surface area contributed by atoms with Crippen LogP contribution in [-0.2, 0) is 19.7 Å². The molecule has 2 aromatic rings. The second-order valence-electron chi connectivity index (χ2n) is 7.82. The molecule has 220 valence electrons. The van der Waals surface area contributed by atoms with Crippen molar-refractivity contribution in [3.63, 3.8) is 0 Å². The molecule has 40 heavy (non-hydrogen) atoms. The number of aliphatic hydroxyl groups excluding tert-OH is 1. The number of hydrogen-bond acceptors (Lipinski definition) is 9. The predicted molar refractivity (Wildman–Crippen MR) is 139 cm³/mol. The molecule has 0 radical (unpaired) electrons. The zero-order valence-electron chi connectivity index (χ0n) is 20.8. The highest BCUT2D eigenvalue weighted by molar-refractivity contribution is 7.85. The number of ether oxygens (including phenoxy) is 1. The lowest BCUT2D eigenvalue weighted by atomic mass is 10.2. The lowest BCUT2D eigenvalue weighted by Gasteiger charge is -2.22. The molecule has 12 nitrogen and oxygen atoms in total. The van der Waals surface area contributed by atoms with Gasteiger partial charge in [-0.25, -0.2) is 9.59 Å². The maximum atomic E-state index is 12.7. The number of amides is 1. The van der Waals surface area contributed by atoms with Crippen molar-refractivity contribution in [2.75, 3.05) is 25.4 Å². The summed E-state index contributed by atoms with van der Waals surface area (Å²) in [4.78, 5) is 36.2. The quantitative estimate of drug-likeness (QED) is 0.0627. The largest absolute Gasteiger partial charge is 0.490 e. The molecule has 0 aliphatic heterocycles. The van der Waals surface area contributed by atoms with Crippen LogP contribution in [0.4, 0.5) is 13.2 Å². The van der Waals surface area contributed by atoms with E-state index in [2.05, 4.69) is 0 Å². The van der Waals surface area contributed by atoms with Gasteiger partial charge in [0, 0.05) is 35.7 Å². The summed E-state index contributed by atoms with van der Waals surface area (Å²) in [6.45, 7) is 1.29. The van der Waals surface area contributed by atoms with Crippen LogP contribution in [0.5, 0.6) is 5.75 Å². The van der Waals surface area contributed by atoms with Gasteiger partial charge in [-0.3, -0.25) is 14.8 Å². The third kappa shape index (κ3) is 12.4. The summed E-state index contributed by atoms with van der Waals surface area (Å²) >= 11 is 1.11. The molecule has 6 N–H and O–H groups in total. The summed E-state index contributed by atoms with van der Waals surface area (Å²) in [5, 5.41) is 23.5. The number of aliphatic carboxylic acids is 1. The van der Waals surface area contributed by atoms with Crippen molar-refractivity contribution in [3.8, 4) is 5.75 Å². The van der Waals surface area contributed by atoms with Gasteiger partial charge in [0.1, 0.15) is 16.5 Å². The number of nitrogens with zero attached hydrogens (tertiary/aromatic N) is 1. The highest BCUT2D eigenvalue weighted by Gasteiger charge is 2.38. The number of esters is 1. The van der Waals surface area contributed by atoms with E-state index in [9.17, 15) is 31.2 Å². The van der Waals surface area contributed by atoms with Crippen LogP contribution < -0.4 is 10.5 Å². The van der Waals surface area contributed by atoms with Crippen LogP contribution in [0.15, 0.2) is 42.0 Å². The predicted octanol–water partition coefficient (Wildman–Crippen LogP) is 2.39. The number of nitrogen functional groups attached to an aromatic ring is 1. The maximum Gasteiger partial charge on any atom is 0.490 e. The highest BCUT2D eigenvalue weighted by atomic mass is 32.2. The Balaban J connectivity index is 0.00000101. The fraction of sp³-hybridized carbons (Fsp3) is 0.304. The minimum atomic E-state index is -5.08. The fourth-order valence-corrected chi connectivity index (χ4v) is 4.06. The fourth-order valence-electron chi connectivity index (χ4n) is 2.73. The van der Waals surface area contributed by atoms with Gasteiger partial charge in [-0.2, -0.15) is 21.6 Å². The van der Waals surface area contributed by atoms with E-state index in [-0.39, 0.29) is 32.0 Å². The number of rotatable bonds is 11. The molecule has 1 aromatic heterocycles. The zero-order valence-corrected chi connectivity index (χ0v) is 22.5. The van der Waals surface area contributed by atoms with Gasteiger partial charge >= 0.3 is 18.1 Å². The average molecular weight is 610 g/mol. The van der Waals surface area contributed by atoms with E-state index in [1.807, 2.05) is 0 Å². The summed E-state index contributed by atoms with van der Waals surface area (Å²) in [7, 11) is -4.24. The number of thiophene rings is 1. The zero-order chi connectivity index (χ0) is 30.7. The molecule has 0 saturated carbocycles. The van der Waals surface area contributed by atoms with Gasteiger partial charge in [0.2, 0.25) is 5.91 Å². The minimum Gasteiger partial charge on any atom is -0.475 e. The number of hydrogen-bond donors (Lipinski definition) is 5. The van der Waals surface area contributed by atoms with Crippen LogP contribution in [-0.4, -0.2) is 83.4 Å². The number of aliphatic hydroxyl groups is 1. The Kier molecular flexibility index (Phi) is 12.9. The first-order valence-corrected chi connectivity index (χ1v) is 13.5. The van der Waals surface area contributed by atoms with Crippen LogP contribution >= 0.6 is 11.3 Å². The van der Waals surface area contributed by atoms with Crippen molar-refractivity contribution in [3.05, 3.63) is 57.3 Å². The van der Waals surface area contributed by atoms with Gasteiger partial charge in [-0.1, -0.05) is 0 Å². The summed E-state index contributed by atoms with van der Waals surface area (Å²) in [5.41, 5.74) is 6.19. The molecule has 0 aliphatic rings. The second-order valence-corrected chi connectivity index (χ2v) is 10.5. The van der Waals surface area contributed by atoms with E-state index < -0.39 is 39.9 Å². The molecule has 1 heterocycles. The third-order valence-corrected chi connectivity index (χ3v) is 6.35. The molecular formula is C23H26F3N3O9S2. The van der Waals surface area contributed by atoms with Gasteiger partial charge in [-0.15, -0.1) is 11.3 Å². The van der Waals surface area contributed by atoms with Gasteiger partial charge in [0.25, 0.3) is 10.1 Å². The molecule has 17 heteroatoms. The van der Waals surface area contributed by atoms with E-state index in [1.165, 1.54) is 17.0 Å². The normalized spacial score (nSPS) is 11.7. The van der Waals surface area contributed by atoms with Crippen LogP contribution in [0.2, 0.25) is 0 Å². The standard InChI is InChI=1S/C21H25N3O7S2.C2HF3O2/c1-14(20(26)24(9-2-11-25)10-12-33(28,29)30)13-17-7-8-18(32-17)21(27)31-16-5-3-15(4-6-16)19(22)23;3-2(4,5)1(6)7/h3-8,13,25H,2,9-12H2,1H3,(H3,22,23)(H,28,29,30);(H,6,7)/b14-13+;. The first-order chi connectivity index (χ1) is 18.4. The number of halogens is 3. The van der Waals surface area contributed by atoms with Crippen molar-refractivity contribution in [2.24, 2.45) is 5.73 Å². The number of alkyl halides is 3. The SMILES string of the molecule is C/C(=C\c1ccc(C(=O)Oc2ccc(C(=N)N)cc2)s1)C(=O)N(CCCO)CCS(=O)(=O)O.O=C(O)C(F)(F)F. The number of carboxylic acid groups (broad SMARTS) is 1. The van der Waals surface area contributed by atoms with E-state index in [0.717, 1.165) is 11.3 Å². The van der Waals surface area contributed by atoms with E-state index in [4.69, 9.17) is 35.4 Å². The van der Waals surface area contributed by atoms with E-state index >= 15 is 0 Å². The number of benzene rings is 1. The Hall–Kier alpha value is -3.80. The lowest BCUT2D eigenvalue weighted by molar-refractivity contribution is -0.192. The molecule has 0 atom stereocenters. The Morgan fingerprint density at radius 2 is 1.70 bits per heavy atom. The Morgan fingerprint density at radius 1 is 1.12 bits per heavy atom. The van der Waals surface area contributed by atoms with Crippen molar-refractivity contribution in [2.45, 2.75) is 19.5 Å². The van der Waals surface area contributed by atoms with Gasteiger partial charge in [0.05, 0.1) is 5.75 Å². The van der Waals surface area contributed by atoms with Gasteiger partial charge in [0.15, 0.2) is 0 Å². The lowest BCUT2D eigenvalue weighted by Crippen LogP contribution is -2.36. The molecule has 1 aromatic carbocycles. The third-order valence-electron chi connectivity index (χ3n) is 4.63. The molecule has 0 bridgehead atoms. The number of nitrogens with one attached hydrogen (secondary N) is 1. The maximum absolute atomic E-state index is 12.7. The molecule has 0 aliphatic carbocycles. The number of carbonyl (C=O) groups excluding carboxylic acids is 2. The van der Waals surface area contributed by atoms with Crippen molar-refractivity contribution in [1.82, 2.24) is 4.90 Å². The van der Waals surface area contributed by atoms with Crippen molar-refractivity contribution < 1.29 is 55.5 Å². The van der Waals surface area contributed by atoms with Crippen LogP contribution in [0.25, 0.3) is 6.08 Å². The van der Waals surface area contributed by atoms with Crippen LogP contribution in [0.3, 0.4) is 0 Å². The van der Waals surface area contributed by atoms with E-state index in [0.29, 0.717) is 26.6 Å². The molecule has 0 spiro atoms.